The van der Waals surface area contributed by atoms with Gasteiger partial charge in [0, 0.05) is 4.90 Å². The summed E-state index contributed by atoms with van der Waals surface area (Å²) < 4.78 is 0. The Bertz CT molecular complexity index is 255. The van der Waals surface area contributed by atoms with Crippen LogP contribution in [0.5, 0.6) is 0 Å². The van der Waals surface area contributed by atoms with Crippen molar-refractivity contribution < 1.29 is 20.3 Å². The van der Waals surface area contributed by atoms with E-state index in [-0.39, 0.29) is 13.2 Å². The maximum absolute atomic E-state index is 8.67. The molecule has 4 N–H and O–H groups in total. The van der Waals surface area contributed by atoms with E-state index in [1.807, 2.05) is 0 Å². The number of aliphatic hydroxyl groups is 2. The molecule has 0 aliphatic heterocycles. The summed E-state index contributed by atoms with van der Waals surface area (Å²) in [6, 6.07) is 6.73. The minimum Gasteiger partial charge on any atom is -0.423 e. The third-order valence-corrected chi connectivity index (χ3v) is 1.55. The van der Waals surface area contributed by atoms with E-state index in [1.165, 1.54) is 0 Å². The highest BCUT2D eigenvalue weighted by Crippen LogP contribution is 2.00. The maximum atomic E-state index is 8.67. The second kappa shape index (κ2) is 7.84. The lowest BCUT2D eigenvalue weighted by atomic mass is 9.81. The molecule has 78 valence electrons. The third kappa shape index (κ3) is 6.01. The Labute approximate surface area is 88.4 Å². The number of benzene rings is 1. The molecule has 0 saturated heterocycles. The van der Waals surface area contributed by atoms with Crippen molar-refractivity contribution in [3.63, 3.8) is 0 Å². The Kier molecular flexibility index (Phi) is 7.55. The van der Waals surface area contributed by atoms with E-state index >= 15 is 0 Å². The third-order valence-electron chi connectivity index (χ3n) is 1.27. The largest absolute Gasteiger partial charge is 0.488 e. The fraction of sp³-hybridized carbons (Fsp3) is 0.250. The Balaban J connectivity index is 0.000000364. The molecule has 0 aliphatic rings. The molecule has 0 aliphatic carbocycles. The van der Waals surface area contributed by atoms with Gasteiger partial charge in [0.15, 0.2) is 0 Å². The van der Waals surface area contributed by atoms with Crippen molar-refractivity contribution in [3.05, 3.63) is 24.3 Å². The fourth-order valence-corrected chi connectivity index (χ4v) is 0.921. The van der Waals surface area contributed by atoms with Gasteiger partial charge in [0.2, 0.25) is 0 Å². The summed E-state index contributed by atoms with van der Waals surface area (Å²) in [4.78, 5) is 0.727. The minimum absolute atomic E-state index is 0.125. The van der Waals surface area contributed by atoms with Crippen LogP contribution in [0.25, 0.3) is 0 Å². The highest BCUT2D eigenvalue weighted by molar-refractivity contribution is 7.80. The van der Waals surface area contributed by atoms with Gasteiger partial charge in [-0.2, -0.15) is 0 Å². The summed E-state index contributed by atoms with van der Waals surface area (Å²) in [6.07, 6.45) is 0. The predicted molar refractivity (Wildman–Crippen MR) is 57.7 cm³/mol. The first-order valence-electron chi connectivity index (χ1n) is 3.98. The lowest BCUT2D eigenvalue weighted by molar-refractivity contribution is 0.186. The second-order valence-electron chi connectivity index (χ2n) is 2.42. The molecular weight excluding hydrogens is 203 g/mol. The molecule has 0 amide bonds. The maximum Gasteiger partial charge on any atom is 0.488 e. The van der Waals surface area contributed by atoms with Crippen molar-refractivity contribution in [2.24, 2.45) is 0 Å². The number of hydrogen-bond donors (Lipinski definition) is 5. The molecule has 0 bridgehead atoms. The topological polar surface area (TPSA) is 80.9 Å². The average molecular weight is 216 g/mol. The zero-order valence-electron chi connectivity index (χ0n) is 7.54. The summed E-state index contributed by atoms with van der Waals surface area (Å²) in [5.41, 5.74) is 0.465. The van der Waals surface area contributed by atoms with E-state index in [1.54, 1.807) is 24.3 Å². The van der Waals surface area contributed by atoms with E-state index in [0.29, 0.717) is 5.46 Å². The van der Waals surface area contributed by atoms with E-state index in [0.717, 1.165) is 4.90 Å². The van der Waals surface area contributed by atoms with E-state index in [9.17, 15) is 0 Å². The molecule has 0 spiro atoms. The van der Waals surface area contributed by atoms with Gasteiger partial charge in [-0.05, 0) is 17.6 Å². The molecule has 0 aromatic heterocycles. The van der Waals surface area contributed by atoms with Gasteiger partial charge in [0.1, 0.15) is 0 Å². The highest BCUT2D eigenvalue weighted by Gasteiger charge is 2.09. The van der Waals surface area contributed by atoms with E-state index in [4.69, 9.17) is 20.3 Å². The van der Waals surface area contributed by atoms with Crippen molar-refractivity contribution >= 4 is 25.2 Å². The van der Waals surface area contributed by atoms with Gasteiger partial charge in [-0.1, -0.05) is 12.1 Å². The highest BCUT2D eigenvalue weighted by atomic mass is 32.1. The first kappa shape index (κ1) is 13.5. The van der Waals surface area contributed by atoms with Crippen molar-refractivity contribution in [2.75, 3.05) is 13.2 Å². The van der Waals surface area contributed by atoms with Crippen LogP contribution in [0.2, 0.25) is 0 Å². The molecule has 1 aromatic carbocycles. The quantitative estimate of drug-likeness (QED) is 0.312. The van der Waals surface area contributed by atoms with Gasteiger partial charge >= 0.3 is 7.12 Å². The molecule has 14 heavy (non-hydrogen) atoms. The molecule has 6 heteroatoms. The number of rotatable bonds is 2. The van der Waals surface area contributed by atoms with Crippen molar-refractivity contribution in [1.29, 1.82) is 0 Å². The summed E-state index contributed by atoms with van der Waals surface area (Å²) >= 11 is 4.03. The first-order chi connectivity index (χ1) is 6.61. The monoisotopic (exact) mass is 216 g/mol. The lowest BCUT2D eigenvalue weighted by Crippen LogP contribution is -2.29. The Hall–Kier alpha value is -0.525. The van der Waals surface area contributed by atoms with Crippen LogP contribution < -0.4 is 5.46 Å². The first-order valence-corrected chi connectivity index (χ1v) is 4.43. The standard InChI is InChI=1S/C6H7BO2S.C2H6O2/c8-7(9)5-2-1-3-6(10)4-5;3-1-2-4/h1-4,8-10H;3-4H,1-2H2. The number of hydrogen-bond acceptors (Lipinski definition) is 5. The van der Waals surface area contributed by atoms with Crippen LogP contribution in [0.1, 0.15) is 0 Å². The molecule has 0 heterocycles. The molecule has 1 rings (SSSR count). The van der Waals surface area contributed by atoms with Crippen molar-refractivity contribution in [2.45, 2.75) is 4.90 Å². The van der Waals surface area contributed by atoms with Gasteiger partial charge in [0.05, 0.1) is 13.2 Å². The van der Waals surface area contributed by atoms with Crippen LogP contribution in [-0.4, -0.2) is 40.6 Å². The molecule has 0 saturated carbocycles. The Morgan fingerprint density at radius 1 is 1.14 bits per heavy atom. The van der Waals surface area contributed by atoms with Gasteiger partial charge in [0.25, 0.3) is 0 Å². The average Bonchev–Trinajstić information content (AvgIpc) is 2.18. The summed E-state index contributed by atoms with van der Waals surface area (Å²) in [5, 5.41) is 32.6. The fourth-order valence-electron chi connectivity index (χ4n) is 0.685. The van der Waals surface area contributed by atoms with Crippen molar-refractivity contribution in [3.8, 4) is 0 Å². The molecule has 0 radical (unpaired) electrons. The lowest BCUT2D eigenvalue weighted by Gasteiger charge is -1.97. The van der Waals surface area contributed by atoms with Gasteiger partial charge in [-0.15, -0.1) is 12.6 Å². The molecular formula is C8H13BO4S. The number of thiol groups is 1. The van der Waals surface area contributed by atoms with Gasteiger partial charge < -0.3 is 20.3 Å². The normalized spacial score (nSPS) is 8.93. The molecule has 0 fully saturated rings. The Morgan fingerprint density at radius 2 is 1.71 bits per heavy atom. The van der Waals surface area contributed by atoms with E-state index < -0.39 is 7.12 Å². The van der Waals surface area contributed by atoms with Crippen molar-refractivity contribution in [1.82, 2.24) is 0 Å². The number of aliphatic hydroxyl groups excluding tert-OH is 2. The predicted octanol–water partition coefficient (Wildman–Crippen LogP) is -1.37. The SMILES string of the molecule is OB(O)c1cccc(S)c1.OCCO. The summed E-state index contributed by atoms with van der Waals surface area (Å²) in [5.74, 6) is 0. The van der Waals surface area contributed by atoms with Crippen LogP contribution in [-0.2, 0) is 0 Å². The molecule has 0 unspecified atom stereocenters. The van der Waals surface area contributed by atoms with Gasteiger partial charge in [-0.3, -0.25) is 0 Å². The van der Waals surface area contributed by atoms with Crippen LogP contribution in [0, 0.1) is 0 Å². The Morgan fingerprint density at radius 3 is 2.00 bits per heavy atom. The summed E-state index contributed by atoms with van der Waals surface area (Å²) in [7, 11) is -1.40. The van der Waals surface area contributed by atoms with Crippen LogP contribution >= 0.6 is 12.6 Å². The van der Waals surface area contributed by atoms with Gasteiger partial charge in [-0.25, -0.2) is 0 Å². The molecule has 4 nitrogen and oxygen atoms in total. The smallest absolute Gasteiger partial charge is 0.423 e. The zero-order chi connectivity index (χ0) is 11.0. The van der Waals surface area contributed by atoms with E-state index in [2.05, 4.69) is 12.6 Å². The minimum atomic E-state index is -1.40. The van der Waals surface area contributed by atoms with Crippen LogP contribution in [0.15, 0.2) is 29.2 Å². The second-order valence-corrected chi connectivity index (χ2v) is 2.93. The van der Waals surface area contributed by atoms with Crippen LogP contribution in [0.3, 0.4) is 0 Å². The zero-order valence-corrected chi connectivity index (χ0v) is 8.43. The summed E-state index contributed by atoms with van der Waals surface area (Å²) in [6.45, 7) is -0.250. The molecule has 1 aromatic rings. The molecule has 0 atom stereocenters. The van der Waals surface area contributed by atoms with Crippen LogP contribution in [0.4, 0.5) is 0 Å².